The Morgan fingerprint density at radius 1 is 0.755 bits per heavy atom. The normalized spacial score (nSPS) is 19.7. The van der Waals surface area contributed by atoms with Crippen LogP contribution in [0, 0.1) is 0 Å². The molecule has 0 unspecified atom stereocenters. The molecule has 254 valence electrons. The average Bonchev–Trinajstić information content (AvgIpc) is 3.39. The van der Waals surface area contributed by atoms with Gasteiger partial charge >= 0.3 is 10.1 Å². The summed E-state index contributed by atoms with van der Waals surface area (Å²) in [6, 6.07) is 7.53. The maximum Gasteiger partial charge on any atom is 0.318 e. The minimum absolute atomic E-state index is 0.117. The predicted molar refractivity (Wildman–Crippen MR) is 176 cm³/mol. The van der Waals surface area contributed by atoms with Gasteiger partial charge in [0.2, 0.25) is 5.36 Å². The molecule has 0 aliphatic carbocycles. The monoisotopic (exact) mass is 704 g/mol. The lowest BCUT2D eigenvalue weighted by Crippen LogP contribution is -2.45. The molecular weight excluding hydrogens is 671 g/mol. The Bertz CT molecular complexity index is 2380. The summed E-state index contributed by atoms with van der Waals surface area (Å²) in [4.78, 5) is 25.4. The fourth-order valence-corrected chi connectivity index (χ4v) is 10.4. The first-order valence-corrected chi connectivity index (χ1v) is 19.7. The van der Waals surface area contributed by atoms with E-state index in [9.17, 15) is 31.0 Å². The van der Waals surface area contributed by atoms with Crippen LogP contribution in [0.15, 0.2) is 40.1 Å². The first-order valence-electron chi connectivity index (χ1n) is 16.8. The summed E-state index contributed by atoms with van der Waals surface area (Å²) in [6.45, 7) is 3.83. The van der Waals surface area contributed by atoms with Gasteiger partial charge in [-0.2, -0.15) is 16.8 Å². The number of aryl methyl sites for hydroxylation is 2. The largest absolute Gasteiger partial charge is 0.455 e. The summed E-state index contributed by atoms with van der Waals surface area (Å²) in [5.74, 6) is -0.292. The number of carbonyl (C=O) groups is 2. The Kier molecular flexibility index (Phi) is 6.90. The highest BCUT2D eigenvalue weighted by molar-refractivity contribution is 7.87. The average molecular weight is 705 g/mol. The fourth-order valence-electron chi connectivity index (χ4n) is 8.66. The summed E-state index contributed by atoms with van der Waals surface area (Å²) in [6.07, 6.45) is 6.76. The lowest BCUT2D eigenvalue weighted by Gasteiger charge is -2.39. The molecule has 1 saturated heterocycles. The smallest absolute Gasteiger partial charge is 0.318 e. The Balaban J connectivity index is 1.34. The van der Waals surface area contributed by atoms with E-state index >= 15 is 0 Å². The second-order valence-electron chi connectivity index (χ2n) is 13.6. The minimum Gasteiger partial charge on any atom is -0.455 e. The van der Waals surface area contributed by atoms with Gasteiger partial charge in [-0.3, -0.25) is 14.1 Å². The topological polar surface area (TPSA) is 151 Å². The van der Waals surface area contributed by atoms with Crippen LogP contribution < -0.4 is 24.8 Å². The zero-order chi connectivity index (χ0) is 33.8. The number of benzene rings is 3. The van der Waals surface area contributed by atoms with Gasteiger partial charge in [0.15, 0.2) is 0 Å². The molecular formula is C35H34N3O9S2+. The summed E-state index contributed by atoms with van der Waals surface area (Å²) in [5.41, 5.74) is 7.01. The number of hydroxylamine groups is 2. The molecule has 0 bridgehead atoms. The van der Waals surface area contributed by atoms with Crippen molar-refractivity contribution in [1.29, 1.82) is 0 Å². The van der Waals surface area contributed by atoms with Crippen LogP contribution in [0.4, 0.5) is 5.69 Å². The molecule has 0 saturated carbocycles. The van der Waals surface area contributed by atoms with Crippen LogP contribution in [-0.4, -0.2) is 64.4 Å². The highest BCUT2D eigenvalue weighted by Crippen LogP contribution is 2.49. The van der Waals surface area contributed by atoms with Gasteiger partial charge in [-0.1, -0.05) is 6.07 Å². The summed E-state index contributed by atoms with van der Waals surface area (Å²) in [5, 5.41) is 2.07. The van der Waals surface area contributed by atoms with Crippen molar-refractivity contribution in [3.8, 4) is 11.5 Å². The van der Waals surface area contributed by atoms with Crippen molar-refractivity contribution in [2.45, 2.75) is 74.0 Å². The van der Waals surface area contributed by atoms with Crippen LogP contribution in [0.25, 0.3) is 5.57 Å². The third kappa shape index (κ3) is 4.78. The quantitative estimate of drug-likeness (QED) is 0.186. The van der Waals surface area contributed by atoms with Crippen LogP contribution in [0.2, 0.25) is 0 Å². The van der Waals surface area contributed by atoms with Crippen LogP contribution >= 0.6 is 0 Å². The van der Waals surface area contributed by atoms with Crippen molar-refractivity contribution in [2.75, 3.05) is 31.1 Å². The van der Waals surface area contributed by atoms with Crippen molar-refractivity contribution >= 4 is 43.3 Å². The number of anilines is 1. The molecule has 0 radical (unpaired) electrons. The molecule has 14 heteroatoms. The second-order valence-corrected chi connectivity index (χ2v) is 16.5. The lowest BCUT2D eigenvalue weighted by atomic mass is 9.82. The summed E-state index contributed by atoms with van der Waals surface area (Å²) in [7, 11) is -9.87. The minimum atomic E-state index is -5.03. The number of fused-ring (bicyclic) bond motifs is 4. The molecule has 1 fully saturated rings. The molecule has 6 heterocycles. The standard InChI is InChI=1S/C35H33N3O9S2/c39-29-11-12-30(40)38(29)47-49(44,45)22-9-10-23(28(19-22)48(41,42)43)31-26-17-20-5-1-13-36-15-3-7-24(32(20)36)34(26)46-35-25-8-4-16-37-14-2-6-21(33(25)37)18-27(31)35/h9-10,17-19H,1-8,11-16H2/p+1. The molecule has 0 aromatic heterocycles. The number of amides is 2. The lowest BCUT2D eigenvalue weighted by molar-refractivity contribution is -0.163. The van der Waals surface area contributed by atoms with E-state index in [1.54, 1.807) is 0 Å². The summed E-state index contributed by atoms with van der Waals surface area (Å²) >= 11 is 0. The Morgan fingerprint density at radius 2 is 1.45 bits per heavy atom. The predicted octanol–water partition coefficient (Wildman–Crippen LogP) is 2.14. The second kappa shape index (κ2) is 10.9. The van der Waals surface area contributed by atoms with Crippen molar-refractivity contribution in [1.82, 2.24) is 9.64 Å². The van der Waals surface area contributed by atoms with Gasteiger partial charge < -0.3 is 9.64 Å². The highest BCUT2D eigenvalue weighted by atomic mass is 32.2. The molecule has 49 heavy (non-hydrogen) atoms. The van der Waals surface area contributed by atoms with E-state index in [0.717, 1.165) is 106 Å². The van der Waals surface area contributed by atoms with E-state index < -0.39 is 41.8 Å². The number of ether oxygens (including phenoxy) is 1. The number of hydrogen-bond acceptors (Lipinski definition) is 9. The van der Waals surface area contributed by atoms with E-state index in [-0.39, 0.29) is 23.5 Å². The van der Waals surface area contributed by atoms with Crippen molar-refractivity contribution in [3.63, 3.8) is 0 Å². The third-order valence-corrected chi connectivity index (χ3v) is 12.7. The molecule has 12 nitrogen and oxygen atoms in total. The fraction of sp³-hybridized carbons (Fsp3) is 0.400. The number of nitrogens with zero attached hydrogens (tertiary/aromatic N) is 3. The van der Waals surface area contributed by atoms with Crippen LogP contribution in [0.1, 0.15) is 71.9 Å². The summed E-state index contributed by atoms with van der Waals surface area (Å²) < 4.78 is 78.0. The van der Waals surface area contributed by atoms with Crippen LogP contribution in [0.3, 0.4) is 0 Å². The molecule has 6 aliphatic rings. The maximum absolute atomic E-state index is 13.3. The number of hydrogen-bond donors (Lipinski definition) is 1. The van der Waals surface area contributed by atoms with Gasteiger partial charge in [-0.25, -0.2) is 4.58 Å². The Hall–Kier alpha value is -4.11. The molecule has 6 aliphatic heterocycles. The van der Waals surface area contributed by atoms with E-state index in [0.29, 0.717) is 27.9 Å². The highest BCUT2D eigenvalue weighted by Gasteiger charge is 2.39. The SMILES string of the molecule is O=C1CCC(=O)N1OS(=O)(=O)c1ccc(C2=c3cc4c5c(c3Oc3c2cc2c6c3CCCN6CCC2)CCC[N+]=5CCC4)c(S(=O)(=O)O)c1. The number of rotatable bonds is 5. The van der Waals surface area contributed by atoms with Gasteiger partial charge in [-0.15, -0.1) is 9.35 Å². The van der Waals surface area contributed by atoms with E-state index in [1.165, 1.54) is 23.2 Å². The molecule has 1 N–H and O–H groups in total. The maximum atomic E-state index is 13.3. The van der Waals surface area contributed by atoms with Crippen LogP contribution in [-0.2, 0) is 59.8 Å². The van der Waals surface area contributed by atoms with E-state index in [4.69, 9.17) is 9.02 Å². The first kappa shape index (κ1) is 30.9. The number of carbonyl (C=O) groups excluding carboxylic acids is 2. The Labute approximate surface area is 283 Å². The van der Waals surface area contributed by atoms with Gasteiger partial charge in [0, 0.05) is 77.5 Å². The van der Waals surface area contributed by atoms with Gasteiger partial charge in [0.1, 0.15) is 29.5 Å². The molecule has 0 spiro atoms. The van der Waals surface area contributed by atoms with E-state index in [1.807, 2.05) is 0 Å². The van der Waals surface area contributed by atoms with Crippen molar-refractivity contribution < 1.29 is 40.0 Å². The number of imide groups is 1. The first-order chi connectivity index (χ1) is 23.5. The molecule has 0 atom stereocenters. The molecule has 3 aromatic rings. The molecule has 9 rings (SSSR count). The molecule has 2 amide bonds. The zero-order valence-electron chi connectivity index (χ0n) is 26.7. The molecule has 3 aromatic carbocycles. The van der Waals surface area contributed by atoms with Crippen molar-refractivity contribution in [3.05, 3.63) is 74.3 Å². The van der Waals surface area contributed by atoms with Gasteiger partial charge in [-0.05, 0) is 68.4 Å². The van der Waals surface area contributed by atoms with E-state index in [2.05, 4.69) is 21.6 Å². The van der Waals surface area contributed by atoms with Gasteiger partial charge in [0.05, 0.1) is 10.5 Å². The van der Waals surface area contributed by atoms with Crippen LogP contribution in [0.5, 0.6) is 11.5 Å². The zero-order valence-corrected chi connectivity index (χ0v) is 28.3. The Morgan fingerprint density at radius 3 is 2.20 bits per heavy atom. The van der Waals surface area contributed by atoms with Gasteiger partial charge in [0.25, 0.3) is 21.9 Å². The third-order valence-electron chi connectivity index (χ3n) is 10.7. The van der Waals surface area contributed by atoms with Crippen molar-refractivity contribution in [2.24, 2.45) is 0 Å².